The number of nitrogens with one attached hydrogen (secondary N) is 1. The standard InChI is InChI=1S/C27H31N3O8S2/c1-19-5-14-25-24(17-19)30(40(34,35)23-10-6-20(36-4)7-11-23)18-26(38-25)27(31)28-15-16-37-21-8-12-22(13-9-21)39(32,33)29(2)3/h5-14,17,26H,15-16,18H2,1-4H3,(H,28,31). The van der Waals surface area contributed by atoms with Gasteiger partial charge in [0.2, 0.25) is 10.0 Å². The highest BCUT2D eigenvalue weighted by Crippen LogP contribution is 2.38. The molecule has 0 radical (unpaired) electrons. The van der Waals surface area contributed by atoms with E-state index in [1.165, 1.54) is 61.9 Å². The van der Waals surface area contributed by atoms with Crippen LogP contribution in [0.15, 0.2) is 76.5 Å². The number of fused-ring (bicyclic) bond motifs is 1. The molecule has 3 aromatic carbocycles. The fourth-order valence-electron chi connectivity index (χ4n) is 3.98. The van der Waals surface area contributed by atoms with Gasteiger partial charge in [-0.15, -0.1) is 0 Å². The lowest BCUT2D eigenvalue weighted by atomic mass is 10.1. The second-order valence-electron chi connectivity index (χ2n) is 9.19. The zero-order valence-corrected chi connectivity index (χ0v) is 24.2. The van der Waals surface area contributed by atoms with Crippen LogP contribution in [0.25, 0.3) is 0 Å². The first-order valence-electron chi connectivity index (χ1n) is 12.3. The molecule has 3 aromatic rings. The fourth-order valence-corrected chi connectivity index (χ4v) is 6.35. The second-order valence-corrected chi connectivity index (χ2v) is 13.2. The molecule has 0 saturated carbocycles. The van der Waals surface area contributed by atoms with Crippen LogP contribution in [-0.2, 0) is 24.8 Å². The third-order valence-electron chi connectivity index (χ3n) is 6.20. The largest absolute Gasteiger partial charge is 0.497 e. The number of ether oxygens (including phenoxy) is 3. The van der Waals surface area contributed by atoms with Gasteiger partial charge >= 0.3 is 0 Å². The van der Waals surface area contributed by atoms with Gasteiger partial charge in [0.25, 0.3) is 15.9 Å². The van der Waals surface area contributed by atoms with Gasteiger partial charge in [0.1, 0.15) is 23.9 Å². The van der Waals surface area contributed by atoms with Crippen molar-refractivity contribution < 1.29 is 35.8 Å². The van der Waals surface area contributed by atoms with Crippen LogP contribution in [0.1, 0.15) is 5.56 Å². The van der Waals surface area contributed by atoms with Crippen LogP contribution in [0.5, 0.6) is 17.2 Å². The molecule has 1 N–H and O–H groups in total. The SMILES string of the molecule is COc1ccc(S(=O)(=O)N2CC(C(=O)NCCOc3ccc(S(=O)(=O)N(C)C)cc3)Oc3ccc(C)cc32)cc1. The van der Waals surface area contributed by atoms with E-state index in [9.17, 15) is 21.6 Å². The summed E-state index contributed by atoms with van der Waals surface area (Å²) in [6, 6.07) is 17.1. The van der Waals surface area contributed by atoms with Crippen molar-refractivity contribution >= 4 is 31.6 Å². The number of benzene rings is 3. The molecule has 0 spiro atoms. The molecule has 1 atom stereocenters. The number of methoxy groups -OCH3 is 1. The first-order valence-corrected chi connectivity index (χ1v) is 15.2. The summed E-state index contributed by atoms with van der Waals surface area (Å²) in [4.78, 5) is 13.2. The summed E-state index contributed by atoms with van der Waals surface area (Å²) < 4.78 is 70.5. The molecule has 40 heavy (non-hydrogen) atoms. The lowest BCUT2D eigenvalue weighted by molar-refractivity contribution is -0.127. The summed E-state index contributed by atoms with van der Waals surface area (Å²) in [5, 5.41) is 2.71. The quantitative estimate of drug-likeness (QED) is 0.357. The highest BCUT2D eigenvalue weighted by atomic mass is 32.2. The molecule has 214 valence electrons. The van der Waals surface area contributed by atoms with Crippen LogP contribution in [0.4, 0.5) is 5.69 Å². The van der Waals surface area contributed by atoms with Gasteiger partial charge in [-0.1, -0.05) is 6.07 Å². The van der Waals surface area contributed by atoms with Crippen molar-refractivity contribution in [2.24, 2.45) is 0 Å². The number of sulfonamides is 2. The number of aryl methyl sites for hydroxylation is 1. The van der Waals surface area contributed by atoms with E-state index in [0.717, 1.165) is 9.87 Å². The Bertz CT molecular complexity index is 1570. The molecule has 11 nitrogen and oxygen atoms in total. The molecular formula is C27H31N3O8S2. The predicted molar refractivity (Wildman–Crippen MR) is 149 cm³/mol. The Balaban J connectivity index is 1.42. The lowest BCUT2D eigenvalue weighted by Crippen LogP contribution is -2.51. The van der Waals surface area contributed by atoms with E-state index in [1.807, 2.05) is 6.92 Å². The molecule has 0 bridgehead atoms. The van der Waals surface area contributed by atoms with Crippen molar-refractivity contribution in [2.75, 3.05) is 45.2 Å². The van der Waals surface area contributed by atoms with Crippen molar-refractivity contribution in [3.8, 4) is 17.2 Å². The first kappa shape index (κ1) is 29.2. The topological polar surface area (TPSA) is 132 Å². The minimum absolute atomic E-state index is 0.0552. The van der Waals surface area contributed by atoms with Gasteiger partial charge in [0, 0.05) is 14.1 Å². The number of hydrogen-bond acceptors (Lipinski definition) is 8. The van der Waals surface area contributed by atoms with Crippen molar-refractivity contribution in [1.29, 1.82) is 0 Å². The molecule has 0 fully saturated rings. The second kappa shape index (κ2) is 11.7. The maximum atomic E-state index is 13.6. The number of rotatable bonds is 10. The van der Waals surface area contributed by atoms with Gasteiger partial charge in [-0.25, -0.2) is 21.1 Å². The summed E-state index contributed by atoms with van der Waals surface area (Å²) in [6.45, 7) is 1.83. The molecule has 1 unspecified atom stereocenters. The number of anilines is 1. The van der Waals surface area contributed by atoms with Gasteiger partial charge in [-0.3, -0.25) is 9.10 Å². The maximum absolute atomic E-state index is 13.6. The molecule has 0 aromatic heterocycles. The third kappa shape index (κ3) is 6.16. The smallest absolute Gasteiger partial charge is 0.264 e. The van der Waals surface area contributed by atoms with Gasteiger partial charge in [0.15, 0.2) is 6.10 Å². The van der Waals surface area contributed by atoms with Gasteiger partial charge in [0.05, 0.1) is 35.7 Å². The monoisotopic (exact) mass is 589 g/mol. The number of carbonyl (C=O) groups is 1. The first-order chi connectivity index (χ1) is 18.9. The van der Waals surface area contributed by atoms with E-state index >= 15 is 0 Å². The Hall–Kier alpha value is -3.81. The van der Waals surface area contributed by atoms with Gasteiger partial charge < -0.3 is 19.5 Å². The van der Waals surface area contributed by atoms with Crippen LogP contribution in [0.3, 0.4) is 0 Å². The molecule has 4 rings (SSSR count). The summed E-state index contributed by atoms with van der Waals surface area (Å²) in [7, 11) is -3.17. The predicted octanol–water partition coefficient (Wildman–Crippen LogP) is 2.41. The molecule has 1 aliphatic heterocycles. The Kier molecular flexibility index (Phi) is 8.57. The normalized spacial score (nSPS) is 15.2. The highest BCUT2D eigenvalue weighted by molar-refractivity contribution is 7.92. The Labute approximate surface area is 234 Å². The van der Waals surface area contributed by atoms with Crippen molar-refractivity contribution in [3.63, 3.8) is 0 Å². The summed E-state index contributed by atoms with van der Waals surface area (Å²) in [6.07, 6.45) is -1.10. The van der Waals surface area contributed by atoms with Crippen molar-refractivity contribution in [2.45, 2.75) is 22.8 Å². The molecule has 13 heteroatoms. The van der Waals surface area contributed by atoms with Crippen molar-refractivity contribution in [3.05, 3.63) is 72.3 Å². The lowest BCUT2D eigenvalue weighted by Gasteiger charge is -2.35. The number of carbonyl (C=O) groups excluding carboxylic acids is 1. The summed E-state index contributed by atoms with van der Waals surface area (Å²) in [5.74, 6) is 0.725. The van der Waals surface area contributed by atoms with E-state index in [-0.39, 0.29) is 35.2 Å². The third-order valence-corrected chi connectivity index (χ3v) is 9.82. The van der Waals surface area contributed by atoms with Crippen LogP contribution in [0.2, 0.25) is 0 Å². The zero-order chi connectivity index (χ0) is 29.1. The zero-order valence-electron chi connectivity index (χ0n) is 22.5. The van der Waals surface area contributed by atoms with Crippen LogP contribution >= 0.6 is 0 Å². The average molecular weight is 590 g/mol. The Morgan fingerprint density at radius 1 is 0.975 bits per heavy atom. The minimum atomic E-state index is -4.02. The van der Waals surface area contributed by atoms with Gasteiger partial charge in [-0.2, -0.15) is 0 Å². The molecular weight excluding hydrogens is 558 g/mol. The molecule has 0 aliphatic carbocycles. The minimum Gasteiger partial charge on any atom is -0.497 e. The van der Waals surface area contributed by atoms with E-state index in [4.69, 9.17) is 14.2 Å². The molecule has 1 heterocycles. The van der Waals surface area contributed by atoms with E-state index in [2.05, 4.69) is 5.32 Å². The van der Waals surface area contributed by atoms with Crippen LogP contribution < -0.4 is 23.8 Å². The number of amides is 1. The maximum Gasteiger partial charge on any atom is 0.264 e. The Morgan fingerprint density at radius 3 is 2.23 bits per heavy atom. The van der Waals surface area contributed by atoms with E-state index < -0.39 is 32.1 Å². The average Bonchev–Trinajstić information content (AvgIpc) is 2.94. The highest BCUT2D eigenvalue weighted by Gasteiger charge is 2.37. The molecule has 1 amide bonds. The van der Waals surface area contributed by atoms with Gasteiger partial charge in [-0.05, 0) is 73.2 Å². The molecule has 0 saturated heterocycles. The Morgan fingerprint density at radius 2 is 1.60 bits per heavy atom. The van der Waals surface area contributed by atoms with E-state index in [0.29, 0.717) is 17.2 Å². The fraction of sp³-hybridized carbons (Fsp3) is 0.296. The van der Waals surface area contributed by atoms with E-state index in [1.54, 1.807) is 30.3 Å². The number of nitrogens with zero attached hydrogens (tertiary/aromatic N) is 2. The van der Waals surface area contributed by atoms with Crippen LogP contribution in [-0.4, -0.2) is 74.1 Å². The summed E-state index contributed by atoms with van der Waals surface area (Å²) >= 11 is 0. The summed E-state index contributed by atoms with van der Waals surface area (Å²) in [5.41, 5.74) is 1.19. The van der Waals surface area contributed by atoms with Crippen LogP contribution in [0, 0.1) is 6.92 Å². The van der Waals surface area contributed by atoms with Crippen molar-refractivity contribution in [1.82, 2.24) is 9.62 Å². The number of hydrogen-bond donors (Lipinski definition) is 1. The molecule has 1 aliphatic rings.